The average Bonchev–Trinajstić information content (AvgIpc) is 3.50. The molecule has 11 atom stereocenters. The van der Waals surface area contributed by atoms with Gasteiger partial charge in [0, 0.05) is 30.6 Å². The van der Waals surface area contributed by atoms with Gasteiger partial charge in [0.25, 0.3) is 0 Å². The maximum Gasteiger partial charge on any atom is 0.302 e. The van der Waals surface area contributed by atoms with Crippen molar-refractivity contribution in [3.8, 4) is 0 Å². The van der Waals surface area contributed by atoms with Crippen LogP contribution in [-0.2, 0) is 19.1 Å². The number of benzene rings is 1. The van der Waals surface area contributed by atoms with Crippen LogP contribution in [0.2, 0.25) is 0 Å². The Bertz CT molecular complexity index is 1350. The number of carbonyl (C=O) groups excluding carboxylic acids is 3. The number of Topliss-reactive ketones (excluding diaryl/α,β-unsaturated/α-hetero) is 2. The highest BCUT2D eigenvalue weighted by Crippen LogP contribution is 2.70. The van der Waals surface area contributed by atoms with Gasteiger partial charge in [0.15, 0.2) is 5.78 Å². The van der Waals surface area contributed by atoms with E-state index in [9.17, 15) is 9.59 Å². The summed E-state index contributed by atoms with van der Waals surface area (Å²) in [6.07, 6.45) is 7.26. The summed E-state index contributed by atoms with van der Waals surface area (Å²) in [6, 6.07) is 7.49. The second kappa shape index (κ2) is 10.3. The van der Waals surface area contributed by atoms with Gasteiger partial charge >= 0.3 is 5.97 Å². The molecule has 0 bridgehead atoms. The van der Waals surface area contributed by atoms with Gasteiger partial charge in [0.05, 0.1) is 5.52 Å². The van der Waals surface area contributed by atoms with Crippen molar-refractivity contribution in [1.29, 1.82) is 0 Å². The van der Waals surface area contributed by atoms with Crippen molar-refractivity contribution >= 4 is 28.6 Å². The van der Waals surface area contributed by atoms with E-state index in [4.69, 9.17) is 9.95 Å². The van der Waals surface area contributed by atoms with Gasteiger partial charge in [-0.1, -0.05) is 51.5 Å². The first-order valence-corrected chi connectivity index (χ1v) is 16.0. The van der Waals surface area contributed by atoms with E-state index in [0.29, 0.717) is 18.3 Å². The van der Waals surface area contributed by atoms with Crippen LogP contribution in [0, 0.1) is 52.3 Å². The number of carbonyl (C=O) groups is 3. The van der Waals surface area contributed by atoms with Crippen molar-refractivity contribution < 1.29 is 19.1 Å². The largest absolute Gasteiger partial charge is 0.462 e. The van der Waals surface area contributed by atoms with Crippen LogP contribution in [0.15, 0.2) is 24.3 Å². The Kier molecular flexibility index (Phi) is 7.17. The highest BCUT2D eigenvalue weighted by atomic mass is 16.5. The van der Waals surface area contributed by atoms with Crippen molar-refractivity contribution in [3.05, 3.63) is 24.3 Å². The van der Waals surface area contributed by atoms with Crippen LogP contribution in [0.1, 0.15) is 99.0 Å². The number of nitrogens with zero attached hydrogens (tertiary/aromatic N) is 3. The maximum absolute atomic E-state index is 15.3. The van der Waals surface area contributed by atoms with E-state index in [2.05, 4.69) is 32.8 Å². The van der Waals surface area contributed by atoms with Gasteiger partial charge in [-0.3, -0.25) is 9.59 Å². The third-order valence-corrected chi connectivity index (χ3v) is 12.4. The smallest absolute Gasteiger partial charge is 0.302 e. The molecule has 4 fully saturated rings. The zero-order valence-corrected chi connectivity index (χ0v) is 25.6. The number of ketones is 2. The lowest BCUT2D eigenvalue weighted by atomic mass is 9.41. The molecule has 1 aromatic heterocycles. The Morgan fingerprint density at radius 1 is 1.12 bits per heavy atom. The Balaban J connectivity index is 1.53. The van der Waals surface area contributed by atoms with Gasteiger partial charge in [-0.05, 0) is 92.6 Å². The number of esters is 1. The van der Waals surface area contributed by atoms with Crippen LogP contribution in [0.25, 0.3) is 11.0 Å². The van der Waals surface area contributed by atoms with Gasteiger partial charge < -0.3 is 9.53 Å². The molecule has 0 N–H and O–H groups in total. The van der Waals surface area contributed by atoms with E-state index >= 15 is 4.79 Å². The first kappa shape index (κ1) is 28.5. The lowest BCUT2D eigenvalue weighted by Gasteiger charge is -2.64. The van der Waals surface area contributed by atoms with Gasteiger partial charge in [0.1, 0.15) is 23.4 Å². The quantitative estimate of drug-likeness (QED) is 0.369. The van der Waals surface area contributed by atoms with Gasteiger partial charge in [-0.15, -0.1) is 5.10 Å². The summed E-state index contributed by atoms with van der Waals surface area (Å²) < 4.78 is 8.21. The van der Waals surface area contributed by atoms with Crippen molar-refractivity contribution in [3.63, 3.8) is 0 Å². The van der Waals surface area contributed by atoms with Crippen molar-refractivity contribution in [1.82, 2.24) is 15.0 Å². The van der Waals surface area contributed by atoms with E-state index in [0.717, 1.165) is 56.0 Å². The monoisotopic (exact) mass is 561 g/mol. The van der Waals surface area contributed by atoms with Gasteiger partial charge in [-0.2, -0.15) is 0 Å². The van der Waals surface area contributed by atoms with Crippen LogP contribution < -0.4 is 0 Å². The third kappa shape index (κ3) is 4.39. The zero-order chi connectivity index (χ0) is 29.3. The zero-order valence-electron chi connectivity index (χ0n) is 25.6. The fraction of sp³-hybridized carbons (Fsp3) is 0.735. The first-order chi connectivity index (χ1) is 19.5. The molecule has 2 aromatic rings. The van der Waals surface area contributed by atoms with Crippen molar-refractivity contribution in [2.45, 2.75) is 105 Å². The molecule has 4 unspecified atom stereocenters. The number of para-hydroxylation sites is 1. The Hall–Kier alpha value is -2.57. The minimum absolute atomic E-state index is 0.0139. The summed E-state index contributed by atoms with van der Waals surface area (Å²) in [6.45, 7) is 12.4. The highest BCUT2D eigenvalue weighted by Gasteiger charge is 2.70. The molecule has 41 heavy (non-hydrogen) atoms. The number of fused-ring (bicyclic) bond motifs is 6. The summed E-state index contributed by atoms with van der Waals surface area (Å²) in [4.78, 5) is 39.8. The molecule has 4 aliphatic rings. The first-order valence-electron chi connectivity index (χ1n) is 16.0. The van der Waals surface area contributed by atoms with Crippen LogP contribution >= 0.6 is 0 Å². The second-order valence-corrected chi connectivity index (χ2v) is 14.7. The summed E-state index contributed by atoms with van der Waals surface area (Å²) in [7, 11) is 0. The SMILES string of the molecule is CC(=O)CC[C@@H](C)C1CCC2C3C([C@H](n4nnc5ccccc54)C(=O)[C@@]21C)[C@@]1(C)CC[C@@H](C)C[C@H]1C[C@H]3OC(C)=O. The normalized spacial score (nSPS) is 40.9. The molecule has 4 saturated carbocycles. The van der Waals surface area contributed by atoms with Gasteiger partial charge in [-0.25, -0.2) is 4.68 Å². The summed E-state index contributed by atoms with van der Waals surface area (Å²) >= 11 is 0. The predicted octanol–water partition coefficient (Wildman–Crippen LogP) is 6.60. The standard InChI is InChI=1S/C34H47N3O4/c1-19-15-16-33(5)23(17-19)18-28(41-22(4)39)29-25-14-13-24(20(2)11-12-21(3)38)34(25,6)32(40)31(30(29)33)37-27-10-8-7-9-26(27)35-36-37/h7-10,19-20,23-25,28-31H,11-18H2,1-6H3/t19-,20-,23+,24?,25?,28-,29?,30?,31+,33+,34-/m1/s1. The molecule has 0 spiro atoms. The number of hydrogen-bond acceptors (Lipinski definition) is 6. The molecular weight excluding hydrogens is 514 g/mol. The van der Waals surface area contributed by atoms with Crippen LogP contribution in [0.4, 0.5) is 0 Å². The summed E-state index contributed by atoms with van der Waals surface area (Å²) in [5, 5.41) is 9.22. The van der Waals surface area contributed by atoms with E-state index in [-0.39, 0.29) is 58.6 Å². The number of hydrogen-bond donors (Lipinski definition) is 0. The van der Waals surface area contributed by atoms with E-state index in [1.165, 1.54) is 6.92 Å². The molecular formula is C34H47N3O4. The minimum Gasteiger partial charge on any atom is -0.462 e. The number of rotatable bonds is 6. The summed E-state index contributed by atoms with van der Waals surface area (Å²) in [5.41, 5.74) is 1.05. The fourth-order valence-electron chi connectivity index (χ4n) is 10.5. The highest BCUT2D eigenvalue weighted by molar-refractivity contribution is 5.92. The molecule has 1 aromatic carbocycles. The number of aromatic nitrogens is 3. The van der Waals surface area contributed by atoms with Crippen molar-refractivity contribution in [2.24, 2.45) is 52.3 Å². The third-order valence-electron chi connectivity index (χ3n) is 12.4. The molecule has 6 rings (SSSR count). The average molecular weight is 562 g/mol. The molecule has 0 saturated heterocycles. The molecule has 222 valence electrons. The second-order valence-electron chi connectivity index (χ2n) is 14.7. The maximum atomic E-state index is 15.3. The molecule has 7 heteroatoms. The molecule has 0 radical (unpaired) electrons. The molecule has 0 amide bonds. The minimum atomic E-state index is -0.585. The number of ether oxygens (including phenoxy) is 1. The van der Waals surface area contributed by atoms with Crippen LogP contribution in [-0.4, -0.2) is 38.6 Å². The van der Waals surface area contributed by atoms with E-state index in [1.54, 1.807) is 6.92 Å². The predicted molar refractivity (Wildman–Crippen MR) is 157 cm³/mol. The molecule has 4 aliphatic carbocycles. The molecule has 0 aliphatic heterocycles. The van der Waals surface area contributed by atoms with Gasteiger partial charge in [0.2, 0.25) is 0 Å². The lowest BCUT2D eigenvalue weighted by Crippen LogP contribution is -2.65. The van der Waals surface area contributed by atoms with Crippen LogP contribution in [0.5, 0.6) is 0 Å². The van der Waals surface area contributed by atoms with Crippen molar-refractivity contribution in [2.75, 3.05) is 0 Å². The summed E-state index contributed by atoms with van der Waals surface area (Å²) in [5.74, 6) is 1.90. The Morgan fingerprint density at radius 3 is 2.61 bits per heavy atom. The molecule has 1 heterocycles. The van der Waals surface area contributed by atoms with Crippen LogP contribution in [0.3, 0.4) is 0 Å². The molecule has 7 nitrogen and oxygen atoms in total. The lowest BCUT2D eigenvalue weighted by molar-refractivity contribution is -0.202. The fourth-order valence-corrected chi connectivity index (χ4v) is 10.5. The van der Waals surface area contributed by atoms with E-state index in [1.807, 2.05) is 28.9 Å². The Morgan fingerprint density at radius 2 is 1.88 bits per heavy atom. The van der Waals surface area contributed by atoms with E-state index < -0.39 is 11.5 Å². The topological polar surface area (TPSA) is 91.2 Å². The Labute approximate surface area is 244 Å².